The van der Waals surface area contributed by atoms with Crippen LogP contribution in [-0.4, -0.2) is 13.1 Å². The molecule has 1 aromatic rings. The number of guanidine groups is 1. The standard InChI is InChI=1S/C8H10N4O/c1-13-7-5-3-2-4-6(7)11-8(9)12-10/h2-5,10H,1H3,(H2,9,11). The lowest BCUT2D eigenvalue weighted by molar-refractivity contribution is 0.416. The zero-order chi connectivity index (χ0) is 9.68. The van der Waals surface area contributed by atoms with Gasteiger partial charge in [0.1, 0.15) is 11.4 Å². The van der Waals surface area contributed by atoms with Crippen LogP contribution in [0.1, 0.15) is 0 Å². The number of benzene rings is 1. The summed E-state index contributed by atoms with van der Waals surface area (Å²) < 4.78 is 5.03. The molecule has 0 saturated heterocycles. The highest BCUT2D eigenvalue weighted by Gasteiger charge is 1.99. The van der Waals surface area contributed by atoms with Crippen molar-refractivity contribution in [2.24, 2.45) is 15.8 Å². The molecule has 3 N–H and O–H groups in total. The van der Waals surface area contributed by atoms with Gasteiger partial charge in [0, 0.05) is 0 Å². The van der Waals surface area contributed by atoms with Gasteiger partial charge in [-0.25, -0.2) is 10.5 Å². The van der Waals surface area contributed by atoms with Gasteiger partial charge in [0.25, 0.3) is 0 Å². The van der Waals surface area contributed by atoms with E-state index in [4.69, 9.17) is 16.0 Å². The van der Waals surface area contributed by atoms with Crippen LogP contribution in [0.15, 0.2) is 34.4 Å². The third kappa shape index (κ3) is 2.26. The van der Waals surface area contributed by atoms with Crippen LogP contribution in [0.5, 0.6) is 5.75 Å². The summed E-state index contributed by atoms with van der Waals surface area (Å²) in [7, 11) is 1.54. The van der Waals surface area contributed by atoms with E-state index in [-0.39, 0.29) is 5.96 Å². The molecule has 0 radical (unpaired) electrons. The van der Waals surface area contributed by atoms with Gasteiger partial charge in [-0.1, -0.05) is 12.1 Å². The Balaban J connectivity index is 3.06. The van der Waals surface area contributed by atoms with E-state index in [1.54, 1.807) is 25.3 Å². The fourth-order valence-electron chi connectivity index (χ4n) is 0.871. The Morgan fingerprint density at radius 2 is 2.15 bits per heavy atom. The minimum atomic E-state index is -0.0931. The minimum Gasteiger partial charge on any atom is -0.494 e. The van der Waals surface area contributed by atoms with Gasteiger partial charge in [0.15, 0.2) is 0 Å². The van der Waals surface area contributed by atoms with Crippen LogP contribution in [0.25, 0.3) is 0 Å². The smallest absolute Gasteiger partial charge is 0.240 e. The molecule has 0 unspecified atom stereocenters. The number of aliphatic imine (C=N–C) groups is 1. The Bertz CT molecular complexity index is 335. The van der Waals surface area contributed by atoms with Crippen molar-refractivity contribution >= 4 is 11.6 Å². The first-order valence-electron chi connectivity index (χ1n) is 3.62. The van der Waals surface area contributed by atoms with Crippen molar-refractivity contribution in [2.75, 3.05) is 7.11 Å². The number of nitrogens with one attached hydrogen (secondary N) is 1. The van der Waals surface area contributed by atoms with Crippen molar-refractivity contribution in [3.63, 3.8) is 0 Å². The molecule has 0 spiro atoms. The largest absolute Gasteiger partial charge is 0.494 e. The average Bonchev–Trinajstić information content (AvgIpc) is 2.18. The molecule has 1 aromatic carbocycles. The van der Waals surface area contributed by atoms with Crippen LogP contribution in [-0.2, 0) is 0 Å². The van der Waals surface area contributed by atoms with E-state index in [2.05, 4.69) is 10.1 Å². The van der Waals surface area contributed by atoms with E-state index < -0.39 is 0 Å². The summed E-state index contributed by atoms with van der Waals surface area (Å²) >= 11 is 0. The molecule has 0 amide bonds. The van der Waals surface area contributed by atoms with Gasteiger partial charge < -0.3 is 10.5 Å². The predicted octanol–water partition coefficient (Wildman–Crippen LogP) is 1.67. The number of para-hydroxylation sites is 2. The summed E-state index contributed by atoms with van der Waals surface area (Å²) in [6.07, 6.45) is 0. The Morgan fingerprint density at radius 1 is 1.46 bits per heavy atom. The maximum absolute atomic E-state index is 6.61. The molecule has 0 aliphatic rings. The number of nitrogens with two attached hydrogens (primary N) is 1. The molecule has 1 rings (SSSR count). The van der Waals surface area contributed by atoms with Crippen molar-refractivity contribution in [1.29, 1.82) is 5.53 Å². The molecule has 68 valence electrons. The minimum absolute atomic E-state index is 0.0931. The second kappa shape index (κ2) is 4.20. The lowest BCUT2D eigenvalue weighted by atomic mass is 10.3. The molecule has 0 aromatic heterocycles. The first kappa shape index (κ1) is 9.18. The highest BCUT2D eigenvalue weighted by Crippen LogP contribution is 2.25. The first-order valence-corrected chi connectivity index (χ1v) is 3.62. The number of hydrogen-bond acceptors (Lipinski definition) is 3. The molecule has 0 fully saturated rings. The van der Waals surface area contributed by atoms with Gasteiger partial charge in [0.05, 0.1) is 7.11 Å². The molecule has 0 bridgehead atoms. The molecule has 0 heterocycles. The van der Waals surface area contributed by atoms with Crippen LogP contribution in [0.3, 0.4) is 0 Å². The molecule has 0 saturated carbocycles. The summed E-state index contributed by atoms with van der Waals surface area (Å²) in [6, 6.07) is 7.12. The second-order valence-electron chi connectivity index (χ2n) is 2.25. The number of rotatable bonds is 2. The van der Waals surface area contributed by atoms with E-state index in [1.165, 1.54) is 0 Å². The zero-order valence-corrected chi connectivity index (χ0v) is 7.19. The van der Waals surface area contributed by atoms with Crippen molar-refractivity contribution in [1.82, 2.24) is 0 Å². The SMILES string of the molecule is COc1ccccc1N=C(N)N=N. The molecule has 5 heteroatoms. The molecule has 5 nitrogen and oxygen atoms in total. The molecule has 13 heavy (non-hydrogen) atoms. The Labute approximate surface area is 75.7 Å². The van der Waals surface area contributed by atoms with Crippen LogP contribution >= 0.6 is 0 Å². The van der Waals surface area contributed by atoms with E-state index in [9.17, 15) is 0 Å². The van der Waals surface area contributed by atoms with Gasteiger partial charge >= 0.3 is 0 Å². The quantitative estimate of drug-likeness (QED) is 0.410. The molecule has 0 aliphatic carbocycles. The van der Waals surface area contributed by atoms with E-state index in [1.807, 2.05) is 6.07 Å². The lowest BCUT2D eigenvalue weighted by Crippen LogP contribution is -2.05. The van der Waals surface area contributed by atoms with Gasteiger partial charge in [-0.2, -0.15) is 0 Å². The van der Waals surface area contributed by atoms with Crippen molar-refractivity contribution < 1.29 is 4.74 Å². The molecule has 0 aliphatic heterocycles. The third-order valence-electron chi connectivity index (χ3n) is 1.43. The fourth-order valence-corrected chi connectivity index (χ4v) is 0.871. The summed E-state index contributed by atoms with van der Waals surface area (Å²) in [6.45, 7) is 0. The lowest BCUT2D eigenvalue weighted by Gasteiger charge is -2.02. The summed E-state index contributed by atoms with van der Waals surface area (Å²) in [5, 5.41) is 2.98. The average molecular weight is 178 g/mol. The van der Waals surface area contributed by atoms with Gasteiger partial charge in [-0.05, 0) is 12.1 Å². The van der Waals surface area contributed by atoms with Crippen molar-refractivity contribution in [2.45, 2.75) is 0 Å². The van der Waals surface area contributed by atoms with E-state index in [0.29, 0.717) is 11.4 Å². The molecular formula is C8H10N4O. The monoisotopic (exact) mass is 178 g/mol. The van der Waals surface area contributed by atoms with Crippen LogP contribution in [0.4, 0.5) is 5.69 Å². The summed E-state index contributed by atoms with van der Waals surface area (Å²) in [5.41, 5.74) is 12.5. The number of nitrogens with zero attached hydrogens (tertiary/aromatic N) is 2. The van der Waals surface area contributed by atoms with Crippen LogP contribution < -0.4 is 10.5 Å². The maximum Gasteiger partial charge on any atom is 0.240 e. The topological polar surface area (TPSA) is 83.8 Å². The normalized spacial score (nSPS) is 11.0. The molecule has 0 atom stereocenters. The second-order valence-corrected chi connectivity index (χ2v) is 2.25. The summed E-state index contributed by atoms with van der Waals surface area (Å²) in [4.78, 5) is 3.86. The number of hydrogen-bond donors (Lipinski definition) is 2. The van der Waals surface area contributed by atoms with Crippen molar-refractivity contribution in [3.8, 4) is 5.75 Å². The molecular weight excluding hydrogens is 168 g/mol. The van der Waals surface area contributed by atoms with Gasteiger partial charge in [-0.15, -0.1) is 5.11 Å². The van der Waals surface area contributed by atoms with Gasteiger partial charge in [0.2, 0.25) is 5.96 Å². The summed E-state index contributed by atoms with van der Waals surface area (Å²) in [5.74, 6) is 0.513. The predicted molar refractivity (Wildman–Crippen MR) is 49.4 cm³/mol. The van der Waals surface area contributed by atoms with Crippen LogP contribution in [0, 0.1) is 5.53 Å². The fraction of sp³-hybridized carbons (Fsp3) is 0.125. The Morgan fingerprint density at radius 3 is 2.77 bits per heavy atom. The van der Waals surface area contributed by atoms with Crippen LogP contribution in [0.2, 0.25) is 0 Å². The maximum atomic E-state index is 6.61. The first-order chi connectivity index (χ1) is 6.27. The van der Waals surface area contributed by atoms with E-state index in [0.717, 1.165) is 0 Å². The van der Waals surface area contributed by atoms with Gasteiger partial charge in [-0.3, -0.25) is 0 Å². The highest BCUT2D eigenvalue weighted by molar-refractivity contribution is 5.81. The highest BCUT2D eigenvalue weighted by atomic mass is 16.5. The Kier molecular flexibility index (Phi) is 2.97. The zero-order valence-electron chi connectivity index (χ0n) is 7.19. The van der Waals surface area contributed by atoms with Crippen molar-refractivity contribution in [3.05, 3.63) is 24.3 Å². The van der Waals surface area contributed by atoms with E-state index >= 15 is 0 Å². The Hall–Kier alpha value is -1.91. The third-order valence-corrected chi connectivity index (χ3v) is 1.43. The number of ether oxygens (including phenoxy) is 1. The number of methoxy groups -OCH3 is 1.